The van der Waals surface area contributed by atoms with Gasteiger partial charge in [-0.1, -0.05) is 0 Å². The zero-order valence-electron chi connectivity index (χ0n) is 12.0. The third-order valence-corrected chi connectivity index (χ3v) is 4.40. The first-order valence-electron chi connectivity index (χ1n) is 6.62. The highest BCUT2D eigenvalue weighted by atomic mass is 127. The van der Waals surface area contributed by atoms with E-state index in [1.165, 1.54) is 18.5 Å². The Morgan fingerprint density at radius 1 is 1.45 bits per heavy atom. The fraction of sp³-hybridized carbons (Fsp3) is 0.500. The maximum absolute atomic E-state index is 11.9. The molecule has 1 saturated heterocycles. The molecule has 0 spiro atoms. The van der Waals surface area contributed by atoms with Crippen LogP contribution in [0.5, 0.6) is 0 Å². The normalized spacial score (nSPS) is 16.2. The summed E-state index contributed by atoms with van der Waals surface area (Å²) in [6.45, 7) is 3.13. The van der Waals surface area contributed by atoms with Gasteiger partial charge in [-0.25, -0.2) is 13.1 Å². The van der Waals surface area contributed by atoms with Crippen LogP contribution in [0.3, 0.4) is 0 Å². The number of aromatic nitrogens is 1. The van der Waals surface area contributed by atoms with Crippen LogP contribution in [0, 0.1) is 0 Å². The van der Waals surface area contributed by atoms with Gasteiger partial charge in [0, 0.05) is 32.0 Å². The Kier molecular flexibility index (Phi) is 8.00. The van der Waals surface area contributed by atoms with Gasteiger partial charge in [-0.15, -0.1) is 24.0 Å². The van der Waals surface area contributed by atoms with Gasteiger partial charge in [0.05, 0.1) is 19.8 Å². The minimum atomic E-state index is -3.54. The van der Waals surface area contributed by atoms with Crippen molar-refractivity contribution in [1.29, 1.82) is 0 Å². The zero-order chi connectivity index (χ0) is 15.1. The molecule has 22 heavy (non-hydrogen) atoms. The van der Waals surface area contributed by atoms with E-state index in [1.807, 2.05) is 4.90 Å². The van der Waals surface area contributed by atoms with E-state index in [0.717, 1.165) is 0 Å². The number of hydrogen-bond donors (Lipinski definition) is 2. The second kappa shape index (κ2) is 9.22. The summed E-state index contributed by atoms with van der Waals surface area (Å²) in [7, 11) is -3.54. The molecule has 2 rings (SSSR count). The van der Waals surface area contributed by atoms with Crippen LogP contribution in [0.4, 0.5) is 0 Å². The smallest absolute Gasteiger partial charge is 0.242 e. The average Bonchev–Trinajstić information content (AvgIpc) is 2.53. The second-order valence-electron chi connectivity index (χ2n) is 4.43. The van der Waals surface area contributed by atoms with Gasteiger partial charge in [0.2, 0.25) is 10.0 Å². The number of aliphatic imine (C=N–C) groups is 1. The van der Waals surface area contributed by atoms with Crippen molar-refractivity contribution in [3.05, 3.63) is 24.5 Å². The maximum atomic E-state index is 11.9. The lowest BCUT2D eigenvalue weighted by Crippen LogP contribution is -2.45. The van der Waals surface area contributed by atoms with Crippen molar-refractivity contribution in [2.24, 2.45) is 10.7 Å². The Balaban J connectivity index is 0.00000242. The van der Waals surface area contributed by atoms with Crippen LogP contribution >= 0.6 is 24.0 Å². The standard InChI is InChI=1S/C12H19N5O3S.HI/c13-12(17-6-8-20-9-7-17)15-4-5-16-21(18,19)11-2-1-3-14-10-11;/h1-3,10,16H,4-9H2,(H2,13,15);1H. The molecule has 1 aromatic rings. The van der Waals surface area contributed by atoms with Crippen LogP contribution in [0.15, 0.2) is 34.4 Å². The lowest BCUT2D eigenvalue weighted by atomic mass is 10.4. The van der Waals surface area contributed by atoms with E-state index < -0.39 is 10.0 Å². The van der Waals surface area contributed by atoms with E-state index in [4.69, 9.17) is 10.5 Å². The number of nitrogens with one attached hydrogen (secondary N) is 1. The number of halogens is 1. The van der Waals surface area contributed by atoms with Crippen LogP contribution in [0.1, 0.15) is 0 Å². The molecule has 0 unspecified atom stereocenters. The molecule has 0 aliphatic carbocycles. The Labute approximate surface area is 147 Å². The van der Waals surface area contributed by atoms with Crippen molar-refractivity contribution in [2.75, 3.05) is 39.4 Å². The van der Waals surface area contributed by atoms with Crippen LogP contribution in [0.25, 0.3) is 0 Å². The average molecular weight is 441 g/mol. The van der Waals surface area contributed by atoms with Crippen molar-refractivity contribution >= 4 is 40.0 Å². The monoisotopic (exact) mass is 441 g/mol. The van der Waals surface area contributed by atoms with Gasteiger partial charge in [-0.3, -0.25) is 9.98 Å². The number of pyridine rings is 1. The van der Waals surface area contributed by atoms with Crippen molar-refractivity contribution in [1.82, 2.24) is 14.6 Å². The van der Waals surface area contributed by atoms with Crippen molar-refractivity contribution in [2.45, 2.75) is 4.90 Å². The largest absolute Gasteiger partial charge is 0.378 e. The Morgan fingerprint density at radius 3 is 2.82 bits per heavy atom. The first-order valence-corrected chi connectivity index (χ1v) is 8.10. The van der Waals surface area contributed by atoms with Gasteiger partial charge in [0.25, 0.3) is 0 Å². The van der Waals surface area contributed by atoms with Gasteiger partial charge in [0.1, 0.15) is 4.90 Å². The van der Waals surface area contributed by atoms with E-state index in [-0.39, 0.29) is 42.0 Å². The minimum Gasteiger partial charge on any atom is -0.378 e. The molecule has 0 aromatic carbocycles. The van der Waals surface area contributed by atoms with E-state index >= 15 is 0 Å². The molecule has 0 atom stereocenters. The van der Waals surface area contributed by atoms with E-state index in [9.17, 15) is 8.42 Å². The first-order chi connectivity index (χ1) is 10.1. The number of rotatable bonds is 5. The van der Waals surface area contributed by atoms with E-state index in [1.54, 1.807) is 6.07 Å². The lowest BCUT2D eigenvalue weighted by molar-refractivity contribution is 0.0674. The fourth-order valence-corrected chi connectivity index (χ4v) is 2.82. The maximum Gasteiger partial charge on any atom is 0.242 e. The Morgan fingerprint density at radius 2 is 2.18 bits per heavy atom. The topological polar surface area (TPSA) is 110 Å². The highest BCUT2D eigenvalue weighted by Crippen LogP contribution is 2.04. The van der Waals surface area contributed by atoms with Crippen LogP contribution in [-0.4, -0.2) is 63.7 Å². The summed E-state index contributed by atoms with van der Waals surface area (Å²) >= 11 is 0. The summed E-state index contributed by atoms with van der Waals surface area (Å²) in [6, 6.07) is 3.06. The van der Waals surface area contributed by atoms with E-state index in [2.05, 4.69) is 14.7 Å². The molecule has 1 fully saturated rings. The number of nitrogens with zero attached hydrogens (tertiary/aromatic N) is 3. The fourth-order valence-electron chi connectivity index (χ4n) is 1.83. The molecule has 1 aliphatic heterocycles. The number of ether oxygens (including phenoxy) is 1. The van der Waals surface area contributed by atoms with Gasteiger partial charge in [-0.2, -0.15) is 0 Å². The van der Waals surface area contributed by atoms with Gasteiger partial charge in [0.15, 0.2) is 5.96 Å². The summed E-state index contributed by atoms with van der Waals surface area (Å²) in [5.41, 5.74) is 5.84. The SMILES string of the molecule is I.NC(=NCCNS(=O)(=O)c1cccnc1)N1CCOCC1. The number of sulfonamides is 1. The predicted octanol–water partition coefficient (Wildman–Crippen LogP) is -0.375. The highest BCUT2D eigenvalue weighted by molar-refractivity contribution is 14.0. The molecule has 1 aliphatic rings. The summed E-state index contributed by atoms with van der Waals surface area (Å²) in [5.74, 6) is 0.416. The van der Waals surface area contributed by atoms with Crippen molar-refractivity contribution in [3.8, 4) is 0 Å². The molecule has 3 N–H and O–H groups in total. The summed E-state index contributed by atoms with van der Waals surface area (Å²) in [6.07, 6.45) is 2.82. The molecule has 1 aromatic heterocycles. The number of guanidine groups is 1. The number of hydrogen-bond acceptors (Lipinski definition) is 5. The van der Waals surface area contributed by atoms with E-state index in [0.29, 0.717) is 32.3 Å². The van der Waals surface area contributed by atoms with Crippen LogP contribution < -0.4 is 10.5 Å². The molecule has 0 amide bonds. The summed E-state index contributed by atoms with van der Waals surface area (Å²) in [5, 5.41) is 0. The van der Waals surface area contributed by atoms with Crippen molar-refractivity contribution < 1.29 is 13.2 Å². The highest BCUT2D eigenvalue weighted by Gasteiger charge is 2.14. The lowest BCUT2D eigenvalue weighted by Gasteiger charge is -2.27. The van der Waals surface area contributed by atoms with Gasteiger partial charge in [-0.05, 0) is 12.1 Å². The Hall–Kier alpha value is -0.980. The van der Waals surface area contributed by atoms with Crippen molar-refractivity contribution in [3.63, 3.8) is 0 Å². The first kappa shape index (κ1) is 19.1. The molecular weight excluding hydrogens is 421 g/mol. The second-order valence-corrected chi connectivity index (χ2v) is 6.19. The van der Waals surface area contributed by atoms with Crippen LogP contribution in [-0.2, 0) is 14.8 Å². The molecule has 2 heterocycles. The molecule has 10 heteroatoms. The molecular formula is C12H20IN5O3S. The molecule has 0 radical (unpaired) electrons. The third-order valence-electron chi connectivity index (χ3n) is 2.96. The molecule has 8 nitrogen and oxygen atoms in total. The number of morpholine rings is 1. The quantitative estimate of drug-likeness (QED) is 0.279. The molecule has 0 saturated carbocycles. The minimum absolute atomic E-state index is 0. The molecule has 124 valence electrons. The van der Waals surface area contributed by atoms with Crippen LogP contribution in [0.2, 0.25) is 0 Å². The summed E-state index contributed by atoms with van der Waals surface area (Å²) in [4.78, 5) is 10.0. The Bertz CT molecular complexity index is 576. The number of nitrogens with two attached hydrogens (primary N) is 1. The summed E-state index contributed by atoms with van der Waals surface area (Å²) < 4.78 is 31.5. The molecule has 0 bridgehead atoms. The zero-order valence-corrected chi connectivity index (χ0v) is 15.2. The van der Waals surface area contributed by atoms with Gasteiger partial charge < -0.3 is 15.4 Å². The predicted molar refractivity (Wildman–Crippen MR) is 93.7 cm³/mol. The third kappa shape index (κ3) is 5.66. The van der Waals surface area contributed by atoms with Gasteiger partial charge >= 0.3 is 0 Å².